The molecule has 2 aromatic rings. The first kappa shape index (κ1) is 12.9. The Morgan fingerprint density at radius 1 is 1.00 bits per heavy atom. The molecule has 0 unspecified atom stereocenters. The topological polar surface area (TPSA) is 29.1 Å². The molecule has 2 atom stereocenters. The molecule has 0 saturated carbocycles. The van der Waals surface area contributed by atoms with Gasteiger partial charge in [-0.2, -0.15) is 0 Å². The smallest absolute Gasteiger partial charge is 0.254 e. The normalized spacial score (nSPS) is 21.8. The summed E-state index contributed by atoms with van der Waals surface area (Å²) in [6.45, 7) is 0. The number of alkyl halides is 1. The summed E-state index contributed by atoms with van der Waals surface area (Å²) in [4.78, 5) is 11.1. The SMILES string of the molecule is O=C1N[C@H](Cc2ccc(-c3ccccc3)cc2)C[C@H]1F. The zero-order valence-electron chi connectivity index (χ0n) is 11.1. The lowest BCUT2D eigenvalue weighted by Gasteiger charge is -2.10. The lowest BCUT2D eigenvalue weighted by molar-refractivity contribution is -0.123. The van der Waals surface area contributed by atoms with Crippen LogP contribution in [0.3, 0.4) is 0 Å². The standard InChI is InChI=1S/C17H16FNO/c18-16-11-15(19-17(16)20)10-12-6-8-14(9-7-12)13-4-2-1-3-5-13/h1-9,15-16H,10-11H2,(H,19,20)/t15-,16-/m1/s1. The highest BCUT2D eigenvalue weighted by molar-refractivity contribution is 5.83. The number of halogens is 1. The van der Waals surface area contributed by atoms with Gasteiger partial charge in [0, 0.05) is 12.5 Å². The number of rotatable bonds is 3. The maximum Gasteiger partial charge on any atom is 0.254 e. The van der Waals surface area contributed by atoms with Crippen LogP contribution in [-0.4, -0.2) is 18.1 Å². The average molecular weight is 269 g/mol. The van der Waals surface area contributed by atoms with Gasteiger partial charge in [-0.3, -0.25) is 4.79 Å². The molecule has 0 spiro atoms. The summed E-state index contributed by atoms with van der Waals surface area (Å²) in [6.07, 6.45) is -0.385. The third-order valence-electron chi connectivity index (χ3n) is 3.67. The number of nitrogens with one attached hydrogen (secondary N) is 1. The molecule has 1 amide bonds. The van der Waals surface area contributed by atoms with Crippen LogP contribution in [0.15, 0.2) is 54.6 Å². The van der Waals surface area contributed by atoms with E-state index in [1.165, 1.54) is 5.56 Å². The van der Waals surface area contributed by atoms with Gasteiger partial charge >= 0.3 is 0 Å². The zero-order chi connectivity index (χ0) is 13.9. The number of carbonyl (C=O) groups excluding carboxylic acids is 1. The van der Waals surface area contributed by atoms with Crippen molar-refractivity contribution in [2.75, 3.05) is 0 Å². The first-order valence-electron chi connectivity index (χ1n) is 6.81. The molecular weight excluding hydrogens is 253 g/mol. The van der Waals surface area contributed by atoms with E-state index in [2.05, 4.69) is 29.6 Å². The minimum atomic E-state index is -1.34. The molecule has 20 heavy (non-hydrogen) atoms. The number of carbonyl (C=O) groups is 1. The Bertz CT molecular complexity index is 594. The van der Waals surface area contributed by atoms with Crippen LogP contribution in [0.2, 0.25) is 0 Å². The Morgan fingerprint density at radius 3 is 2.25 bits per heavy atom. The Hall–Kier alpha value is -2.16. The van der Waals surface area contributed by atoms with Crippen molar-refractivity contribution in [2.24, 2.45) is 0 Å². The monoisotopic (exact) mass is 269 g/mol. The van der Waals surface area contributed by atoms with Gasteiger partial charge in [-0.15, -0.1) is 0 Å². The van der Waals surface area contributed by atoms with E-state index in [1.807, 2.05) is 30.3 Å². The van der Waals surface area contributed by atoms with Crippen LogP contribution < -0.4 is 5.32 Å². The third-order valence-corrected chi connectivity index (χ3v) is 3.67. The van der Waals surface area contributed by atoms with Gasteiger partial charge in [-0.05, 0) is 23.1 Å². The largest absolute Gasteiger partial charge is 0.350 e. The molecule has 1 fully saturated rings. The van der Waals surface area contributed by atoms with Gasteiger partial charge in [0.1, 0.15) is 0 Å². The quantitative estimate of drug-likeness (QED) is 0.911. The average Bonchev–Trinajstić information content (AvgIpc) is 2.79. The summed E-state index contributed by atoms with van der Waals surface area (Å²) in [7, 11) is 0. The second kappa shape index (κ2) is 5.45. The summed E-state index contributed by atoms with van der Waals surface area (Å²) >= 11 is 0. The van der Waals surface area contributed by atoms with E-state index in [0.717, 1.165) is 11.1 Å². The molecule has 1 aliphatic heterocycles. The van der Waals surface area contributed by atoms with Crippen molar-refractivity contribution < 1.29 is 9.18 Å². The fourth-order valence-corrected chi connectivity index (χ4v) is 2.59. The van der Waals surface area contributed by atoms with Crippen molar-refractivity contribution >= 4 is 5.91 Å². The zero-order valence-corrected chi connectivity index (χ0v) is 11.1. The Labute approximate surface area is 117 Å². The molecule has 102 valence electrons. The first-order valence-corrected chi connectivity index (χ1v) is 6.81. The fraction of sp³-hybridized carbons (Fsp3) is 0.235. The second-order valence-corrected chi connectivity index (χ2v) is 5.18. The van der Waals surface area contributed by atoms with Crippen molar-refractivity contribution in [3.63, 3.8) is 0 Å². The summed E-state index contributed by atoms with van der Waals surface area (Å²) < 4.78 is 13.1. The number of benzene rings is 2. The van der Waals surface area contributed by atoms with E-state index >= 15 is 0 Å². The van der Waals surface area contributed by atoms with E-state index in [4.69, 9.17) is 0 Å². The highest BCUT2D eigenvalue weighted by Crippen LogP contribution is 2.21. The molecule has 3 rings (SSSR count). The highest BCUT2D eigenvalue weighted by Gasteiger charge is 2.31. The molecule has 2 aromatic carbocycles. The number of amides is 1. The molecule has 2 nitrogen and oxygen atoms in total. The van der Waals surface area contributed by atoms with Crippen molar-refractivity contribution in [1.82, 2.24) is 5.32 Å². The molecule has 0 bridgehead atoms. The van der Waals surface area contributed by atoms with Crippen LogP contribution in [0.5, 0.6) is 0 Å². The summed E-state index contributed by atoms with van der Waals surface area (Å²) in [6, 6.07) is 18.3. The maximum absolute atomic E-state index is 13.1. The van der Waals surface area contributed by atoms with Crippen molar-refractivity contribution in [2.45, 2.75) is 25.1 Å². The molecule has 1 aliphatic rings. The van der Waals surface area contributed by atoms with Crippen molar-refractivity contribution in [3.8, 4) is 11.1 Å². The summed E-state index contributed by atoms with van der Waals surface area (Å²) in [5.41, 5.74) is 3.45. The van der Waals surface area contributed by atoms with Crippen LogP contribution in [0, 0.1) is 0 Å². The van der Waals surface area contributed by atoms with Gasteiger partial charge in [-0.25, -0.2) is 4.39 Å². The lowest BCUT2D eigenvalue weighted by Crippen LogP contribution is -2.28. The summed E-state index contributed by atoms with van der Waals surface area (Å²) in [5, 5.41) is 2.68. The van der Waals surface area contributed by atoms with E-state index in [1.54, 1.807) is 0 Å². The van der Waals surface area contributed by atoms with Crippen LogP contribution >= 0.6 is 0 Å². The number of hydrogen-bond donors (Lipinski definition) is 1. The molecule has 0 aliphatic carbocycles. The Kier molecular flexibility index (Phi) is 3.50. The molecule has 1 saturated heterocycles. The molecular formula is C17H16FNO. The van der Waals surface area contributed by atoms with Crippen molar-refractivity contribution in [3.05, 3.63) is 60.2 Å². The minimum Gasteiger partial charge on any atom is -0.350 e. The van der Waals surface area contributed by atoms with Crippen LogP contribution in [0.25, 0.3) is 11.1 Å². The van der Waals surface area contributed by atoms with Gasteiger partial charge in [-0.1, -0.05) is 54.6 Å². The van der Waals surface area contributed by atoms with Crippen LogP contribution in [0.4, 0.5) is 4.39 Å². The molecule has 3 heteroatoms. The summed E-state index contributed by atoms with van der Waals surface area (Å²) in [5.74, 6) is -0.476. The molecule has 0 radical (unpaired) electrons. The third kappa shape index (κ3) is 2.72. The predicted molar refractivity (Wildman–Crippen MR) is 77.0 cm³/mol. The molecule has 1 heterocycles. The predicted octanol–water partition coefficient (Wildman–Crippen LogP) is 3.12. The molecule has 1 N–H and O–H groups in total. The van der Waals surface area contributed by atoms with Crippen LogP contribution in [0.1, 0.15) is 12.0 Å². The van der Waals surface area contributed by atoms with Gasteiger partial charge in [0.2, 0.25) is 0 Å². The van der Waals surface area contributed by atoms with Crippen molar-refractivity contribution in [1.29, 1.82) is 0 Å². The van der Waals surface area contributed by atoms with Gasteiger partial charge in [0.05, 0.1) is 0 Å². The first-order chi connectivity index (χ1) is 9.72. The van der Waals surface area contributed by atoms with Gasteiger partial charge in [0.15, 0.2) is 6.17 Å². The minimum absolute atomic E-state index is 0.0833. The fourth-order valence-electron chi connectivity index (χ4n) is 2.59. The maximum atomic E-state index is 13.1. The van der Waals surface area contributed by atoms with E-state index in [9.17, 15) is 9.18 Å². The van der Waals surface area contributed by atoms with Gasteiger partial charge in [0.25, 0.3) is 5.91 Å². The van der Waals surface area contributed by atoms with Gasteiger partial charge < -0.3 is 5.32 Å². The molecule has 0 aromatic heterocycles. The van der Waals surface area contributed by atoms with Crippen LogP contribution in [-0.2, 0) is 11.2 Å². The van der Waals surface area contributed by atoms with E-state index < -0.39 is 12.1 Å². The van der Waals surface area contributed by atoms with E-state index in [-0.39, 0.29) is 12.5 Å². The Morgan fingerprint density at radius 2 is 1.65 bits per heavy atom. The lowest BCUT2D eigenvalue weighted by atomic mass is 10.00. The number of hydrogen-bond acceptors (Lipinski definition) is 1. The van der Waals surface area contributed by atoms with E-state index in [0.29, 0.717) is 6.42 Å². The second-order valence-electron chi connectivity index (χ2n) is 5.18. The Balaban J connectivity index is 1.69. The highest BCUT2D eigenvalue weighted by atomic mass is 19.1.